The number of benzene rings is 2. The number of rotatable bonds is 4. The highest BCUT2D eigenvalue weighted by Gasteiger charge is 2.21. The first-order valence-corrected chi connectivity index (χ1v) is 8.34. The van der Waals surface area contributed by atoms with Crippen molar-refractivity contribution >= 4 is 38.7 Å². The van der Waals surface area contributed by atoms with Crippen LogP contribution in [0.1, 0.15) is 5.56 Å². The van der Waals surface area contributed by atoms with E-state index in [9.17, 15) is 8.42 Å². The number of ether oxygens (including phenoxy) is 1. The average molecular weight is 346 g/mol. The molecule has 0 saturated carbocycles. The second-order valence-electron chi connectivity index (χ2n) is 4.41. The minimum atomic E-state index is -3.67. The summed E-state index contributed by atoms with van der Waals surface area (Å²) in [7, 11) is -2.20. The van der Waals surface area contributed by atoms with Gasteiger partial charge in [-0.15, -0.1) is 0 Å². The largest absolute Gasteiger partial charge is 0.496 e. The molecule has 2 N–H and O–H groups in total. The number of nitrogen functional groups attached to an aromatic ring is 1. The van der Waals surface area contributed by atoms with Crippen LogP contribution in [-0.2, 0) is 15.6 Å². The maximum Gasteiger partial charge on any atom is 0.184 e. The van der Waals surface area contributed by atoms with Crippen molar-refractivity contribution in [3.05, 3.63) is 52.0 Å². The summed E-state index contributed by atoms with van der Waals surface area (Å²) in [5, 5.41) is 0.560. The van der Waals surface area contributed by atoms with Gasteiger partial charge in [0.2, 0.25) is 0 Å². The van der Waals surface area contributed by atoms with E-state index in [-0.39, 0.29) is 15.7 Å². The third-order valence-corrected chi connectivity index (χ3v) is 5.25. The molecule has 0 aromatic heterocycles. The Bertz CT molecular complexity index is 776. The number of nitrogens with two attached hydrogens (primary N) is 1. The summed E-state index contributed by atoms with van der Waals surface area (Å²) in [6.45, 7) is 0. The van der Waals surface area contributed by atoms with Crippen LogP contribution in [0.5, 0.6) is 5.75 Å². The molecule has 112 valence electrons. The zero-order valence-corrected chi connectivity index (χ0v) is 13.5. The number of sulfone groups is 1. The molecule has 0 aliphatic carbocycles. The Balaban J connectivity index is 2.47. The summed E-state index contributed by atoms with van der Waals surface area (Å²) in [4.78, 5) is -0.00815. The quantitative estimate of drug-likeness (QED) is 0.860. The van der Waals surface area contributed by atoms with Crippen LogP contribution < -0.4 is 10.5 Å². The Morgan fingerprint density at radius 3 is 2.52 bits per heavy atom. The average Bonchev–Trinajstić information content (AvgIpc) is 2.41. The van der Waals surface area contributed by atoms with Crippen LogP contribution in [0, 0.1) is 0 Å². The van der Waals surface area contributed by atoms with Gasteiger partial charge in [0.25, 0.3) is 0 Å². The molecule has 0 saturated heterocycles. The van der Waals surface area contributed by atoms with Crippen molar-refractivity contribution in [3.8, 4) is 5.75 Å². The molecule has 0 amide bonds. The molecule has 7 heteroatoms. The van der Waals surface area contributed by atoms with Gasteiger partial charge in [-0.1, -0.05) is 23.2 Å². The van der Waals surface area contributed by atoms with Gasteiger partial charge in [-0.25, -0.2) is 8.42 Å². The van der Waals surface area contributed by atoms with Crippen LogP contribution in [0.25, 0.3) is 0 Å². The molecule has 2 aromatic carbocycles. The Labute approximate surface area is 133 Å². The summed E-state index contributed by atoms with van der Waals surface area (Å²) in [5.41, 5.74) is 6.42. The van der Waals surface area contributed by atoms with E-state index in [4.69, 9.17) is 33.7 Å². The summed E-state index contributed by atoms with van der Waals surface area (Å²) < 4.78 is 30.2. The zero-order chi connectivity index (χ0) is 15.6. The molecule has 0 aliphatic rings. The topological polar surface area (TPSA) is 69.4 Å². The number of hydrogen-bond donors (Lipinski definition) is 1. The maximum absolute atomic E-state index is 12.5. The second kappa shape index (κ2) is 6.13. The van der Waals surface area contributed by atoms with Crippen molar-refractivity contribution in [2.24, 2.45) is 0 Å². The van der Waals surface area contributed by atoms with Crippen molar-refractivity contribution in [2.75, 3.05) is 12.8 Å². The number of hydrogen-bond acceptors (Lipinski definition) is 4. The van der Waals surface area contributed by atoms with E-state index in [2.05, 4.69) is 0 Å². The van der Waals surface area contributed by atoms with Gasteiger partial charge in [0.1, 0.15) is 5.75 Å². The standard InChI is InChI=1S/C14H13Cl2NO3S/c1-20-13-5-2-10(15)6-9(13)8-21(18,19)14-7-11(17)3-4-12(14)16/h2-7H,8,17H2,1H3. The third-order valence-electron chi connectivity index (χ3n) is 2.88. The molecule has 0 atom stereocenters. The fourth-order valence-electron chi connectivity index (χ4n) is 1.90. The zero-order valence-electron chi connectivity index (χ0n) is 11.1. The Morgan fingerprint density at radius 2 is 1.86 bits per heavy atom. The predicted molar refractivity (Wildman–Crippen MR) is 84.8 cm³/mol. The summed E-state index contributed by atoms with van der Waals surface area (Å²) in [6, 6.07) is 9.14. The van der Waals surface area contributed by atoms with Crippen molar-refractivity contribution < 1.29 is 13.2 Å². The Kier molecular flexibility index (Phi) is 4.66. The molecule has 0 bridgehead atoms. The number of anilines is 1. The van der Waals surface area contributed by atoms with E-state index in [1.54, 1.807) is 24.3 Å². The molecule has 0 spiro atoms. The minimum absolute atomic E-state index is 0.00815. The van der Waals surface area contributed by atoms with Crippen molar-refractivity contribution in [1.82, 2.24) is 0 Å². The Hall–Kier alpha value is -1.43. The summed E-state index contributed by atoms with van der Waals surface area (Å²) >= 11 is 11.9. The predicted octanol–water partition coefficient (Wildman–Crippen LogP) is 3.56. The fraction of sp³-hybridized carbons (Fsp3) is 0.143. The van der Waals surface area contributed by atoms with Crippen LogP contribution in [0.4, 0.5) is 5.69 Å². The molecular weight excluding hydrogens is 333 g/mol. The molecule has 2 aromatic rings. The second-order valence-corrected chi connectivity index (χ2v) is 7.21. The van der Waals surface area contributed by atoms with E-state index in [1.165, 1.54) is 19.2 Å². The molecule has 0 unspecified atom stereocenters. The van der Waals surface area contributed by atoms with Crippen LogP contribution in [0.15, 0.2) is 41.3 Å². The monoisotopic (exact) mass is 345 g/mol. The van der Waals surface area contributed by atoms with Gasteiger partial charge in [-0.2, -0.15) is 0 Å². The first-order valence-electron chi connectivity index (χ1n) is 5.93. The first-order chi connectivity index (χ1) is 9.83. The van der Waals surface area contributed by atoms with Gasteiger partial charge in [-0.05, 0) is 36.4 Å². The van der Waals surface area contributed by atoms with Crippen molar-refractivity contribution in [3.63, 3.8) is 0 Å². The first kappa shape index (κ1) is 15.9. The molecule has 2 rings (SSSR count). The molecular formula is C14H13Cl2NO3S. The minimum Gasteiger partial charge on any atom is -0.496 e. The van der Waals surface area contributed by atoms with Gasteiger partial charge >= 0.3 is 0 Å². The fourth-order valence-corrected chi connectivity index (χ4v) is 4.04. The van der Waals surface area contributed by atoms with Gasteiger partial charge in [0, 0.05) is 16.3 Å². The SMILES string of the molecule is COc1ccc(Cl)cc1CS(=O)(=O)c1cc(N)ccc1Cl. The molecule has 0 fully saturated rings. The Morgan fingerprint density at radius 1 is 1.14 bits per heavy atom. The lowest BCUT2D eigenvalue weighted by Crippen LogP contribution is -2.07. The van der Waals surface area contributed by atoms with Gasteiger partial charge in [0.15, 0.2) is 9.84 Å². The lowest BCUT2D eigenvalue weighted by molar-refractivity contribution is 0.411. The summed E-state index contributed by atoms with van der Waals surface area (Å²) in [5.74, 6) is 0.169. The molecule has 0 heterocycles. The van der Waals surface area contributed by atoms with E-state index in [0.717, 1.165) is 0 Å². The van der Waals surface area contributed by atoms with E-state index < -0.39 is 9.84 Å². The lowest BCUT2D eigenvalue weighted by Gasteiger charge is -2.11. The van der Waals surface area contributed by atoms with E-state index in [0.29, 0.717) is 22.0 Å². The van der Waals surface area contributed by atoms with Gasteiger partial charge < -0.3 is 10.5 Å². The van der Waals surface area contributed by atoms with Crippen LogP contribution in [0.3, 0.4) is 0 Å². The highest BCUT2D eigenvalue weighted by atomic mass is 35.5. The van der Waals surface area contributed by atoms with Gasteiger partial charge in [-0.3, -0.25) is 0 Å². The highest BCUT2D eigenvalue weighted by Crippen LogP contribution is 2.30. The third kappa shape index (κ3) is 3.61. The number of halogens is 2. The molecule has 0 aliphatic heterocycles. The van der Waals surface area contributed by atoms with Crippen LogP contribution in [0.2, 0.25) is 10.0 Å². The van der Waals surface area contributed by atoms with Crippen LogP contribution >= 0.6 is 23.2 Å². The normalized spacial score (nSPS) is 11.4. The van der Waals surface area contributed by atoms with E-state index in [1.807, 2.05) is 0 Å². The summed E-state index contributed by atoms with van der Waals surface area (Å²) in [6.07, 6.45) is 0. The maximum atomic E-state index is 12.5. The van der Waals surface area contributed by atoms with Crippen LogP contribution in [-0.4, -0.2) is 15.5 Å². The lowest BCUT2D eigenvalue weighted by atomic mass is 10.2. The van der Waals surface area contributed by atoms with Gasteiger partial charge in [0.05, 0.1) is 22.8 Å². The molecule has 21 heavy (non-hydrogen) atoms. The molecule has 4 nitrogen and oxygen atoms in total. The van der Waals surface area contributed by atoms with E-state index >= 15 is 0 Å². The smallest absolute Gasteiger partial charge is 0.184 e. The molecule has 0 radical (unpaired) electrons. The number of methoxy groups -OCH3 is 1. The van der Waals surface area contributed by atoms with Crippen molar-refractivity contribution in [1.29, 1.82) is 0 Å². The van der Waals surface area contributed by atoms with Crippen molar-refractivity contribution in [2.45, 2.75) is 10.6 Å². The highest BCUT2D eigenvalue weighted by molar-refractivity contribution is 7.90.